The van der Waals surface area contributed by atoms with Crippen LogP contribution in [0.4, 0.5) is 0 Å². The zero-order valence-corrected chi connectivity index (χ0v) is 8.95. The Labute approximate surface area is 86.0 Å². The van der Waals surface area contributed by atoms with E-state index in [4.69, 9.17) is 4.74 Å². The van der Waals surface area contributed by atoms with E-state index in [0.717, 1.165) is 12.5 Å². The fraction of sp³-hybridized carbons (Fsp3) is 0.417. The monoisotopic (exact) mass is 194 g/mol. The number of esters is 1. The summed E-state index contributed by atoms with van der Waals surface area (Å²) in [4.78, 5) is 11.0. The van der Waals surface area contributed by atoms with Gasteiger partial charge in [-0.2, -0.15) is 0 Å². The molecule has 0 saturated heterocycles. The molecule has 0 fully saturated rings. The lowest BCUT2D eigenvalue weighted by atomic mass is 9.83. The Balaban J connectivity index is 4.53. The minimum absolute atomic E-state index is 0.178. The number of carbonyl (C=O) groups excluding carboxylic acids is 1. The summed E-state index contributed by atoms with van der Waals surface area (Å²) in [6.45, 7) is 14.7. The van der Waals surface area contributed by atoms with Gasteiger partial charge in [0.05, 0.1) is 0 Å². The van der Waals surface area contributed by atoms with Crippen LogP contribution >= 0.6 is 0 Å². The average molecular weight is 194 g/mol. The summed E-state index contributed by atoms with van der Waals surface area (Å²) in [6, 6.07) is 0. The molecule has 2 heteroatoms. The second kappa shape index (κ2) is 5.43. The van der Waals surface area contributed by atoms with Crippen LogP contribution < -0.4 is 0 Å². The van der Waals surface area contributed by atoms with Crippen molar-refractivity contribution in [3.05, 3.63) is 38.0 Å². The number of hydrogen-bond donors (Lipinski definition) is 0. The molecule has 0 spiro atoms. The SMILES string of the molecule is C=CCC(C)(C)C(C=C)OC(=O)C=C. The predicted octanol–water partition coefficient (Wildman–Crippen LogP) is 2.87. The first kappa shape index (κ1) is 12.7. The zero-order chi connectivity index (χ0) is 11.2. The molecule has 0 aliphatic carbocycles. The molecule has 0 aromatic carbocycles. The van der Waals surface area contributed by atoms with E-state index in [1.165, 1.54) is 0 Å². The summed E-state index contributed by atoms with van der Waals surface area (Å²) < 4.78 is 5.14. The molecule has 0 bridgehead atoms. The number of allylic oxidation sites excluding steroid dienone is 1. The number of ether oxygens (including phenoxy) is 1. The molecule has 0 aliphatic rings. The van der Waals surface area contributed by atoms with Crippen LogP contribution in [0.3, 0.4) is 0 Å². The molecule has 0 N–H and O–H groups in total. The summed E-state index contributed by atoms with van der Waals surface area (Å²) in [6.07, 6.45) is 5.03. The fourth-order valence-corrected chi connectivity index (χ4v) is 1.19. The molecule has 0 aromatic heterocycles. The maximum Gasteiger partial charge on any atom is 0.330 e. The molecular formula is C12H18O2. The Morgan fingerprint density at radius 3 is 2.36 bits per heavy atom. The van der Waals surface area contributed by atoms with Crippen LogP contribution in [0, 0.1) is 5.41 Å². The highest BCUT2D eigenvalue weighted by Gasteiger charge is 2.28. The van der Waals surface area contributed by atoms with Gasteiger partial charge in [0.15, 0.2) is 0 Å². The van der Waals surface area contributed by atoms with Gasteiger partial charge in [0.2, 0.25) is 0 Å². The zero-order valence-electron chi connectivity index (χ0n) is 8.95. The van der Waals surface area contributed by atoms with E-state index in [2.05, 4.69) is 19.7 Å². The summed E-state index contributed by atoms with van der Waals surface area (Å²) in [7, 11) is 0. The Morgan fingerprint density at radius 1 is 1.43 bits per heavy atom. The van der Waals surface area contributed by atoms with Crippen molar-refractivity contribution in [1.82, 2.24) is 0 Å². The van der Waals surface area contributed by atoms with Gasteiger partial charge in [-0.15, -0.1) is 6.58 Å². The normalized spacial score (nSPS) is 12.7. The third kappa shape index (κ3) is 3.60. The highest BCUT2D eigenvalue weighted by Crippen LogP contribution is 2.28. The standard InChI is InChI=1S/C12H18O2/c1-6-9-12(4,5)10(7-2)14-11(13)8-3/h6-8,10H,1-3,9H2,4-5H3. The van der Waals surface area contributed by atoms with Crippen LogP contribution in [0.25, 0.3) is 0 Å². The molecule has 2 nitrogen and oxygen atoms in total. The highest BCUT2D eigenvalue weighted by atomic mass is 16.5. The number of rotatable bonds is 6. The minimum atomic E-state index is -0.424. The lowest BCUT2D eigenvalue weighted by Gasteiger charge is -2.30. The van der Waals surface area contributed by atoms with Crippen molar-refractivity contribution in [3.8, 4) is 0 Å². The summed E-state index contributed by atoms with van der Waals surface area (Å²) in [5, 5.41) is 0. The van der Waals surface area contributed by atoms with Gasteiger partial charge in [0, 0.05) is 11.5 Å². The molecule has 1 unspecified atom stereocenters. The van der Waals surface area contributed by atoms with Crippen molar-refractivity contribution in [2.45, 2.75) is 26.4 Å². The van der Waals surface area contributed by atoms with E-state index in [-0.39, 0.29) is 11.5 Å². The fourth-order valence-electron chi connectivity index (χ4n) is 1.19. The predicted molar refractivity (Wildman–Crippen MR) is 58.9 cm³/mol. The van der Waals surface area contributed by atoms with E-state index < -0.39 is 5.97 Å². The first-order valence-electron chi connectivity index (χ1n) is 4.54. The van der Waals surface area contributed by atoms with E-state index >= 15 is 0 Å². The van der Waals surface area contributed by atoms with Crippen LogP contribution in [-0.4, -0.2) is 12.1 Å². The largest absolute Gasteiger partial charge is 0.454 e. The van der Waals surface area contributed by atoms with Gasteiger partial charge in [-0.1, -0.05) is 39.2 Å². The van der Waals surface area contributed by atoms with Crippen LogP contribution in [0.5, 0.6) is 0 Å². The molecule has 0 aliphatic heterocycles. The second-order valence-electron chi connectivity index (χ2n) is 3.78. The molecule has 1 atom stereocenters. The Bertz CT molecular complexity index is 239. The molecule has 14 heavy (non-hydrogen) atoms. The van der Waals surface area contributed by atoms with Gasteiger partial charge in [-0.25, -0.2) is 4.79 Å². The van der Waals surface area contributed by atoms with Crippen molar-refractivity contribution >= 4 is 5.97 Å². The molecule has 0 aromatic rings. The third-order valence-electron chi connectivity index (χ3n) is 2.06. The Morgan fingerprint density at radius 2 is 2.00 bits per heavy atom. The van der Waals surface area contributed by atoms with Gasteiger partial charge in [0.25, 0.3) is 0 Å². The van der Waals surface area contributed by atoms with E-state index in [1.807, 2.05) is 13.8 Å². The van der Waals surface area contributed by atoms with Gasteiger partial charge in [-0.3, -0.25) is 0 Å². The molecule has 0 radical (unpaired) electrons. The third-order valence-corrected chi connectivity index (χ3v) is 2.06. The van der Waals surface area contributed by atoms with Crippen molar-refractivity contribution in [3.63, 3.8) is 0 Å². The lowest BCUT2D eigenvalue weighted by molar-refractivity contribution is -0.145. The molecule has 0 saturated carbocycles. The summed E-state index contributed by atoms with van der Waals surface area (Å²) in [5.74, 6) is -0.424. The van der Waals surface area contributed by atoms with Crippen molar-refractivity contribution in [2.75, 3.05) is 0 Å². The van der Waals surface area contributed by atoms with E-state index in [0.29, 0.717) is 0 Å². The molecule has 0 rings (SSSR count). The van der Waals surface area contributed by atoms with Gasteiger partial charge in [-0.05, 0) is 6.42 Å². The molecule has 0 heterocycles. The second-order valence-corrected chi connectivity index (χ2v) is 3.78. The average Bonchev–Trinajstić information content (AvgIpc) is 2.13. The van der Waals surface area contributed by atoms with E-state index in [9.17, 15) is 4.79 Å². The van der Waals surface area contributed by atoms with Gasteiger partial charge < -0.3 is 4.74 Å². The number of carbonyl (C=O) groups is 1. The first-order valence-corrected chi connectivity index (χ1v) is 4.54. The van der Waals surface area contributed by atoms with Crippen LogP contribution in [0.1, 0.15) is 20.3 Å². The lowest BCUT2D eigenvalue weighted by Crippen LogP contribution is -2.31. The van der Waals surface area contributed by atoms with Crippen LogP contribution in [-0.2, 0) is 9.53 Å². The Hall–Kier alpha value is -1.31. The maximum atomic E-state index is 11.0. The van der Waals surface area contributed by atoms with Crippen LogP contribution in [0.2, 0.25) is 0 Å². The first-order chi connectivity index (χ1) is 6.47. The Kier molecular flexibility index (Phi) is 4.92. The smallest absolute Gasteiger partial charge is 0.330 e. The summed E-state index contributed by atoms with van der Waals surface area (Å²) >= 11 is 0. The maximum absolute atomic E-state index is 11.0. The van der Waals surface area contributed by atoms with Gasteiger partial charge >= 0.3 is 5.97 Å². The van der Waals surface area contributed by atoms with Gasteiger partial charge in [0.1, 0.15) is 6.10 Å². The topological polar surface area (TPSA) is 26.3 Å². The van der Waals surface area contributed by atoms with Crippen LogP contribution in [0.15, 0.2) is 38.0 Å². The van der Waals surface area contributed by atoms with Crippen molar-refractivity contribution < 1.29 is 9.53 Å². The quantitative estimate of drug-likeness (QED) is 0.369. The summed E-state index contributed by atoms with van der Waals surface area (Å²) in [5.41, 5.74) is -0.178. The van der Waals surface area contributed by atoms with Crippen molar-refractivity contribution in [2.24, 2.45) is 5.41 Å². The minimum Gasteiger partial charge on any atom is -0.454 e. The van der Waals surface area contributed by atoms with Crippen molar-refractivity contribution in [1.29, 1.82) is 0 Å². The molecule has 78 valence electrons. The molecular weight excluding hydrogens is 176 g/mol. The number of hydrogen-bond acceptors (Lipinski definition) is 2. The molecule has 0 amide bonds. The van der Waals surface area contributed by atoms with E-state index in [1.54, 1.807) is 12.2 Å². The highest BCUT2D eigenvalue weighted by molar-refractivity contribution is 5.81.